The van der Waals surface area contributed by atoms with Gasteiger partial charge in [0.15, 0.2) is 0 Å². The molecular weight excluding hydrogens is 332 g/mol. The molecule has 1 heterocycles. The Hall–Kier alpha value is -2.74. The molecule has 1 aromatic carbocycles. The lowest BCUT2D eigenvalue weighted by Gasteiger charge is -2.02. The summed E-state index contributed by atoms with van der Waals surface area (Å²) in [6.07, 6.45) is 0.126. The minimum Gasteiger partial charge on any atom is -0.466 e. The van der Waals surface area contributed by atoms with E-state index in [1.54, 1.807) is 13.0 Å². The number of thiophene rings is 1. The van der Waals surface area contributed by atoms with Crippen LogP contribution in [0.5, 0.6) is 0 Å². The molecule has 8 heteroatoms. The zero-order valence-electron chi connectivity index (χ0n) is 13.2. The summed E-state index contributed by atoms with van der Waals surface area (Å²) in [4.78, 5) is 35.3. The number of nitro groups is 1. The number of nitrogens with one attached hydrogen (secondary N) is 1. The highest BCUT2D eigenvalue weighted by molar-refractivity contribution is 7.14. The van der Waals surface area contributed by atoms with Gasteiger partial charge in [-0.2, -0.15) is 0 Å². The number of ether oxygens (including phenoxy) is 1. The van der Waals surface area contributed by atoms with Gasteiger partial charge in [-0.1, -0.05) is 0 Å². The Bertz CT molecular complexity index is 767. The number of esters is 1. The number of carbonyl (C=O) groups excluding carboxylic acids is 2. The number of anilines is 1. The molecule has 0 bridgehead atoms. The van der Waals surface area contributed by atoms with Crippen molar-refractivity contribution in [1.82, 2.24) is 0 Å². The second-order valence-corrected chi connectivity index (χ2v) is 6.19. The lowest BCUT2D eigenvalue weighted by atomic mass is 10.2. The molecule has 24 heavy (non-hydrogen) atoms. The van der Waals surface area contributed by atoms with Crippen LogP contribution in [-0.2, 0) is 16.0 Å². The smallest absolute Gasteiger partial charge is 0.310 e. The number of benzene rings is 1. The average Bonchev–Trinajstić information content (AvgIpc) is 2.89. The van der Waals surface area contributed by atoms with E-state index in [9.17, 15) is 19.7 Å². The molecule has 0 unspecified atom stereocenters. The first-order valence-corrected chi connectivity index (χ1v) is 8.03. The summed E-state index contributed by atoms with van der Waals surface area (Å²) >= 11 is 1.28. The number of hydrogen-bond donors (Lipinski definition) is 1. The number of amides is 1. The zero-order valence-corrected chi connectivity index (χ0v) is 14.0. The molecule has 0 spiro atoms. The minimum atomic E-state index is -0.504. The first-order chi connectivity index (χ1) is 11.4. The van der Waals surface area contributed by atoms with Crippen molar-refractivity contribution in [2.24, 2.45) is 0 Å². The second-order valence-electron chi connectivity index (χ2n) is 4.93. The van der Waals surface area contributed by atoms with E-state index in [0.29, 0.717) is 17.2 Å². The molecule has 0 saturated carbocycles. The Balaban J connectivity index is 2.07. The van der Waals surface area contributed by atoms with Gasteiger partial charge in [0.2, 0.25) is 0 Å². The third kappa shape index (κ3) is 4.39. The standard InChI is InChI=1S/C16H16N2O5S/c1-3-23-15(19)9-11-8-14(24-10(11)2)16(20)17-12-4-6-13(7-5-12)18(21)22/h4-8H,3,9H2,1-2H3,(H,17,20). The number of non-ortho nitro benzene ring substituents is 1. The van der Waals surface area contributed by atoms with Crippen LogP contribution in [0.25, 0.3) is 0 Å². The molecule has 0 fully saturated rings. The lowest BCUT2D eigenvalue weighted by molar-refractivity contribution is -0.384. The number of rotatable bonds is 6. The second kappa shape index (κ2) is 7.69. The maximum atomic E-state index is 12.3. The Morgan fingerprint density at radius 1 is 1.29 bits per heavy atom. The van der Waals surface area contributed by atoms with Crippen molar-refractivity contribution in [3.63, 3.8) is 0 Å². The molecule has 0 atom stereocenters. The van der Waals surface area contributed by atoms with Gasteiger partial charge < -0.3 is 10.1 Å². The van der Waals surface area contributed by atoms with Crippen molar-refractivity contribution < 1.29 is 19.2 Å². The number of hydrogen-bond acceptors (Lipinski definition) is 6. The van der Waals surface area contributed by atoms with Crippen molar-refractivity contribution in [3.05, 3.63) is 55.8 Å². The SMILES string of the molecule is CCOC(=O)Cc1cc(C(=O)Nc2ccc([N+](=O)[O-])cc2)sc1C. The van der Waals surface area contributed by atoms with Gasteiger partial charge in [0, 0.05) is 22.7 Å². The highest BCUT2D eigenvalue weighted by Crippen LogP contribution is 2.24. The molecule has 7 nitrogen and oxygen atoms in total. The Morgan fingerprint density at radius 3 is 2.54 bits per heavy atom. The molecule has 0 saturated heterocycles. The Morgan fingerprint density at radius 2 is 1.96 bits per heavy atom. The van der Waals surface area contributed by atoms with Gasteiger partial charge in [0.05, 0.1) is 22.8 Å². The van der Waals surface area contributed by atoms with Crippen LogP contribution < -0.4 is 5.32 Å². The maximum absolute atomic E-state index is 12.3. The summed E-state index contributed by atoms with van der Waals surface area (Å²) in [5, 5.41) is 13.3. The molecule has 1 N–H and O–H groups in total. The molecule has 0 aliphatic carbocycles. The van der Waals surface area contributed by atoms with E-state index in [-0.39, 0.29) is 24.0 Å². The summed E-state index contributed by atoms with van der Waals surface area (Å²) in [6.45, 7) is 3.89. The summed E-state index contributed by atoms with van der Waals surface area (Å²) in [5.41, 5.74) is 1.17. The van der Waals surface area contributed by atoms with E-state index < -0.39 is 4.92 Å². The molecule has 0 radical (unpaired) electrons. The van der Waals surface area contributed by atoms with Crippen molar-refractivity contribution in [3.8, 4) is 0 Å². The molecule has 2 rings (SSSR count). The van der Waals surface area contributed by atoms with Crippen LogP contribution in [0.3, 0.4) is 0 Å². The summed E-state index contributed by atoms with van der Waals surface area (Å²) < 4.78 is 4.91. The van der Waals surface area contributed by atoms with Crippen LogP contribution in [0.15, 0.2) is 30.3 Å². The summed E-state index contributed by atoms with van der Waals surface area (Å²) in [6, 6.07) is 7.24. The zero-order chi connectivity index (χ0) is 17.7. The van der Waals surface area contributed by atoms with Crippen LogP contribution in [0, 0.1) is 17.0 Å². The van der Waals surface area contributed by atoms with E-state index in [4.69, 9.17) is 4.74 Å². The van der Waals surface area contributed by atoms with Gasteiger partial charge in [-0.05, 0) is 37.6 Å². The average molecular weight is 348 g/mol. The van der Waals surface area contributed by atoms with Crippen LogP contribution in [0.1, 0.15) is 27.0 Å². The fraction of sp³-hybridized carbons (Fsp3) is 0.250. The fourth-order valence-corrected chi connectivity index (χ4v) is 2.97. The molecular formula is C16H16N2O5S. The maximum Gasteiger partial charge on any atom is 0.310 e. The van der Waals surface area contributed by atoms with Crippen LogP contribution in [0.4, 0.5) is 11.4 Å². The first-order valence-electron chi connectivity index (χ1n) is 7.21. The van der Waals surface area contributed by atoms with Crippen molar-refractivity contribution in [2.45, 2.75) is 20.3 Å². The number of nitrogens with zero attached hydrogens (tertiary/aromatic N) is 1. The van der Waals surface area contributed by atoms with E-state index in [1.807, 2.05) is 6.92 Å². The van der Waals surface area contributed by atoms with Crippen molar-refractivity contribution >= 4 is 34.6 Å². The topological polar surface area (TPSA) is 98.5 Å². The molecule has 0 aliphatic heterocycles. The Kier molecular flexibility index (Phi) is 5.64. The van der Waals surface area contributed by atoms with Gasteiger partial charge in [-0.25, -0.2) is 0 Å². The normalized spacial score (nSPS) is 10.2. The summed E-state index contributed by atoms with van der Waals surface area (Å²) in [7, 11) is 0. The van der Waals surface area contributed by atoms with Gasteiger partial charge in [-0.3, -0.25) is 19.7 Å². The monoisotopic (exact) mass is 348 g/mol. The van der Waals surface area contributed by atoms with Gasteiger partial charge in [-0.15, -0.1) is 11.3 Å². The van der Waals surface area contributed by atoms with Crippen molar-refractivity contribution in [2.75, 3.05) is 11.9 Å². The van der Waals surface area contributed by atoms with Gasteiger partial charge in [0.1, 0.15) is 0 Å². The minimum absolute atomic E-state index is 0.0447. The fourth-order valence-electron chi connectivity index (χ4n) is 2.03. The third-order valence-electron chi connectivity index (χ3n) is 3.22. The third-order valence-corrected chi connectivity index (χ3v) is 4.31. The van der Waals surface area contributed by atoms with Crippen LogP contribution in [0.2, 0.25) is 0 Å². The molecule has 2 aromatic rings. The number of carbonyl (C=O) groups is 2. The molecule has 0 aliphatic rings. The van der Waals surface area contributed by atoms with Crippen LogP contribution in [-0.4, -0.2) is 23.4 Å². The largest absolute Gasteiger partial charge is 0.466 e. The van der Waals surface area contributed by atoms with E-state index in [2.05, 4.69) is 5.32 Å². The van der Waals surface area contributed by atoms with Crippen molar-refractivity contribution in [1.29, 1.82) is 0 Å². The summed E-state index contributed by atoms with van der Waals surface area (Å²) in [5.74, 6) is -0.659. The van der Waals surface area contributed by atoms with Crippen LogP contribution >= 0.6 is 11.3 Å². The number of aryl methyl sites for hydroxylation is 1. The molecule has 126 valence electrons. The van der Waals surface area contributed by atoms with Gasteiger partial charge >= 0.3 is 5.97 Å². The number of nitro benzene ring substituents is 1. The van der Waals surface area contributed by atoms with Gasteiger partial charge in [0.25, 0.3) is 11.6 Å². The first kappa shape index (κ1) is 17.6. The van der Waals surface area contributed by atoms with E-state index in [1.165, 1.54) is 35.6 Å². The predicted molar refractivity (Wildman–Crippen MR) is 90.4 cm³/mol. The molecule has 1 aromatic heterocycles. The molecule has 1 amide bonds. The van der Waals surface area contributed by atoms with E-state index in [0.717, 1.165) is 10.4 Å². The quantitative estimate of drug-likeness (QED) is 0.490. The Labute approximate surface area is 142 Å². The van der Waals surface area contributed by atoms with E-state index >= 15 is 0 Å². The lowest BCUT2D eigenvalue weighted by Crippen LogP contribution is -2.10. The highest BCUT2D eigenvalue weighted by Gasteiger charge is 2.15. The predicted octanol–water partition coefficient (Wildman–Crippen LogP) is 3.32. The highest BCUT2D eigenvalue weighted by atomic mass is 32.1.